The molecule has 0 saturated carbocycles. The third-order valence-corrected chi connectivity index (χ3v) is 5.04. The Labute approximate surface area is 173 Å². The van der Waals surface area contributed by atoms with Gasteiger partial charge in [-0.1, -0.05) is 36.4 Å². The van der Waals surface area contributed by atoms with Crippen LogP contribution in [0.15, 0.2) is 53.3 Å². The summed E-state index contributed by atoms with van der Waals surface area (Å²) in [4.78, 5) is 27.0. The van der Waals surface area contributed by atoms with Crippen molar-refractivity contribution in [3.63, 3.8) is 0 Å². The molecule has 0 fully saturated rings. The van der Waals surface area contributed by atoms with Crippen molar-refractivity contribution in [1.82, 2.24) is 4.98 Å². The van der Waals surface area contributed by atoms with E-state index in [0.717, 1.165) is 16.5 Å². The van der Waals surface area contributed by atoms with Gasteiger partial charge in [-0.2, -0.15) is 0 Å². The molecule has 3 rings (SSSR count). The normalized spacial score (nSPS) is 15.8. The molecule has 0 bridgehead atoms. The van der Waals surface area contributed by atoms with Crippen LogP contribution in [0.1, 0.15) is 5.56 Å². The van der Waals surface area contributed by atoms with E-state index in [-0.39, 0.29) is 17.5 Å². The number of aromatic nitrogens is 1. The number of aldehydes is 1. The number of aromatic amines is 1. The average Bonchev–Trinajstić information content (AvgIpc) is 2.78. The lowest BCUT2D eigenvalue weighted by molar-refractivity contribution is -0.117. The van der Waals surface area contributed by atoms with Crippen molar-refractivity contribution < 1.29 is 26.6 Å². The van der Waals surface area contributed by atoms with Crippen LogP contribution in [0.2, 0.25) is 1.41 Å². The van der Waals surface area contributed by atoms with Crippen LogP contribution in [-0.4, -0.2) is 62.7 Å². The maximum atomic E-state index is 12.7. The molecule has 0 amide bonds. The second-order valence-corrected chi connectivity index (χ2v) is 7.04. The Bertz CT molecular complexity index is 1120. The standard InChI is InChI=1S/C22H24N2O6/c1-12-15-8-7-14(23-17(10-25)20(28)21(29)18(27)11-26)9-16(15)24-22(30)19(12)13-5-3-2-4-6-13/h2-10,17-18,20-21,23,26-29H,11H2,1H3,(H,24,30)/t17-,18+,20+,21+/m0/s1/i/hD. The molecule has 6 N–H and O–H groups in total. The zero-order chi connectivity index (χ0) is 22.7. The monoisotopic (exact) mass is 413 g/mol. The van der Waals surface area contributed by atoms with E-state index in [2.05, 4.69) is 4.98 Å². The fraction of sp³-hybridized carbons (Fsp3) is 0.273. The van der Waals surface area contributed by atoms with Crippen molar-refractivity contribution >= 4 is 22.9 Å². The van der Waals surface area contributed by atoms with Crippen molar-refractivity contribution in [2.24, 2.45) is 0 Å². The van der Waals surface area contributed by atoms with Gasteiger partial charge >= 0.3 is 0 Å². The SMILES string of the molecule is [2H]N(c1ccc2c(C)c(-c3ccccc3)c(=O)[nH]c2c1)[C@@H](C=O)[C@@H](O)[C@H](O)[C@H](O)CO. The number of aryl methyl sites for hydroxylation is 1. The van der Waals surface area contributed by atoms with E-state index >= 15 is 0 Å². The first-order valence-electron chi connectivity index (χ1n) is 9.85. The number of fused-ring (bicyclic) bond motifs is 1. The highest BCUT2D eigenvalue weighted by molar-refractivity contribution is 5.90. The van der Waals surface area contributed by atoms with Gasteiger partial charge in [0.05, 0.1) is 17.7 Å². The summed E-state index contributed by atoms with van der Waals surface area (Å²) in [6, 6.07) is 12.4. The summed E-state index contributed by atoms with van der Waals surface area (Å²) < 4.78 is 8.25. The second kappa shape index (κ2) is 9.19. The second-order valence-electron chi connectivity index (χ2n) is 7.04. The summed E-state index contributed by atoms with van der Waals surface area (Å²) >= 11 is 0. The number of nitrogens with one attached hydrogen (secondary N) is 2. The Morgan fingerprint density at radius 2 is 1.83 bits per heavy atom. The number of aliphatic hydroxyl groups excluding tert-OH is 4. The number of carbonyl (C=O) groups is 1. The number of hydrogen-bond acceptors (Lipinski definition) is 7. The van der Waals surface area contributed by atoms with Gasteiger partial charge in [-0.15, -0.1) is 0 Å². The first-order chi connectivity index (χ1) is 14.8. The number of aliphatic hydroxyl groups is 4. The van der Waals surface area contributed by atoms with Gasteiger partial charge in [0.2, 0.25) is 0 Å². The van der Waals surface area contributed by atoms with Crippen LogP contribution in [-0.2, 0) is 4.79 Å². The topological polar surface area (TPSA) is 143 Å². The highest BCUT2D eigenvalue weighted by Gasteiger charge is 2.31. The molecule has 4 atom stereocenters. The van der Waals surface area contributed by atoms with Gasteiger partial charge in [0.25, 0.3) is 5.56 Å². The molecule has 2 aromatic carbocycles. The molecule has 0 aliphatic heterocycles. The van der Waals surface area contributed by atoms with E-state index in [0.29, 0.717) is 16.4 Å². The first-order valence-corrected chi connectivity index (χ1v) is 9.40. The van der Waals surface area contributed by atoms with Gasteiger partial charge in [-0.25, -0.2) is 0 Å². The van der Waals surface area contributed by atoms with Crippen LogP contribution in [0.4, 0.5) is 5.69 Å². The predicted octanol–water partition coefficient (Wildman–Crippen LogP) is 0.558. The highest BCUT2D eigenvalue weighted by atomic mass is 16.4. The molecule has 0 radical (unpaired) electrons. The van der Waals surface area contributed by atoms with Gasteiger partial charge in [0.1, 0.15) is 30.6 Å². The molecule has 0 spiro atoms. The van der Waals surface area contributed by atoms with Crippen molar-refractivity contribution in [1.29, 1.82) is 0 Å². The van der Waals surface area contributed by atoms with E-state index in [4.69, 9.17) is 6.52 Å². The minimum Gasteiger partial charge on any atom is -0.394 e. The summed E-state index contributed by atoms with van der Waals surface area (Å²) in [5.41, 5.74) is 2.37. The summed E-state index contributed by atoms with van der Waals surface area (Å²) in [5, 5.41) is 40.0. The van der Waals surface area contributed by atoms with E-state index in [1.54, 1.807) is 12.1 Å². The average molecular weight is 413 g/mol. The molecular formula is C22H24N2O6. The van der Waals surface area contributed by atoms with E-state index in [9.17, 15) is 24.9 Å². The minimum absolute atomic E-state index is 0.178. The van der Waals surface area contributed by atoms with Crippen LogP contribution in [0, 0.1) is 6.92 Å². The highest BCUT2D eigenvalue weighted by Crippen LogP contribution is 2.27. The molecule has 1 aromatic heterocycles. The van der Waals surface area contributed by atoms with Gasteiger partial charge in [-0.05, 0) is 30.2 Å². The zero-order valence-corrected chi connectivity index (χ0v) is 16.3. The fourth-order valence-corrected chi connectivity index (χ4v) is 3.38. The zero-order valence-electron chi connectivity index (χ0n) is 17.3. The van der Waals surface area contributed by atoms with Gasteiger partial charge in [0.15, 0.2) is 1.41 Å². The molecule has 158 valence electrons. The van der Waals surface area contributed by atoms with E-state index < -0.39 is 31.0 Å². The lowest BCUT2D eigenvalue weighted by atomic mass is 9.98. The third kappa shape index (κ3) is 4.27. The van der Waals surface area contributed by atoms with Crippen LogP contribution in [0.25, 0.3) is 22.0 Å². The van der Waals surface area contributed by atoms with Crippen molar-refractivity contribution in [3.8, 4) is 11.1 Å². The van der Waals surface area contributed by atoms with Crippen molar-refractivity contribution in [3.05, 3.63) is 64.4 Å². The number of H-pyrrole nitrogens is 1. The molecule has 0 aliphatic rings. The Morgan fingerprint density at radius 1 is 1.13 bits per heavy atom. The van der Waals surface area contributed by atoms with Gasteiger partial charge in [-0.3, -0.25) is 4.79 Å². The van der Waals surface area contributed by atoms with Crippen LogP contribution >= 0.6 is 0 Å². The third-order valence-electron chi connectivity index (χ3n) is 5.04. The van der Waals surface area contributed by atoms with Gasteiger partial charge < -0.3 is 35.5 Å². The molecule has 0 saturated heterocycles. The lowest BCUT2D eigenvalue weighted by Gasteiger charge is -2.27. The molecular weight excluding hydrogens is 388 g/mol. The van der Waals surface area contributed by atoms with E-state index in [1.165, 1.54) is 6.07 Å². The van der Waals surface area contributed by atoms with Gasteiger partial charge in [0, 0.05) is 11.1 Å². The number of hydrogen-bond donors (Lipinski definition) is 6. The van der Waals surface area contributed by atoms with Crippen LogP contribution in [0.5, 0.6) is 0 Å². The molecule has 30 heavy (non-hydrogen) atoms. The smallest absolute Gasteiger partial charge is 0.256 e. The summed E-state index contributed by atoms with van der Waals surface area (Å²) in [7, 11) is 0. The maximum Gasteiger partial charge on any atom is 0.256 e. The molecule has 1 heterocycles. The number of rotatable bonds is 8. The minimum atomic E-state index is -1.83. The van der Waals surface area contributed by atoms with Crippen LogP contribution in [0.3, 0.4) is 0 Å². The van der Waals surface area contributed by atoms with Crippen molar-refractivity contribution in [2.45, 2.75) is 31.3 Å². The number of carbonyl (C=O) groups excluding carboxylic acids is 1. The first kappa shape index (κ1) is 20.2. The number of anilines is 1. The Hall–Kier alpha value is -3.04. The molecule has 3 aromatic rings. The summed E-state index contributed by atoms with van der Waals surface area (Å²) in [6.45, 7) is 1.00. The summed E-state index contributed by atoms with van der Waals surface area (Å²) in [6.07, 6.45) is -5.06. The lowest BCUT2D eigenvalue weighted by Crippen LogP contribution is -2.49. The van der Waals surface area contributed by atoms with Crippen molar-refractivity contribution in [2.75, 3.05) is 11.9 Å². The Kier molecular flexibility index (Phi) is 6.20. The number of benzene rings is 2. The molecule has 8 nitrogen and oxygen atoms in total. The Morgan fingerprint density at radius 3 is 2.47 bits per heavy atom. The predicted molar refractivity (Wildman–Crippen MR) is 113 cm³/mol. The molecule has 8 heteroatoms. The fourth-order valence-electron chi connectivity index (χ4n) is 3.38. The maximum absolute atomic E-state index is 12.7. The quantitative estimate of drug-likeness (QED) is 0.296. The Balaban J connectivity index is 2.00. The largest absolute Gasteiger partial charge is 0.394 e. The molecule has 0 aliphatic carbocycles. The van der Waals surface area contributed by atoms with Crippen LogP contribution < -0.4 is 10.9 Å². The molecule has 0 unspecified atom stereocenters. The van der Waals surface area contributed by atoms with E-state index in [1.807, 2.05) is 37.3 Å². The number of pyridine rings is 1. The summed E-state index contributed by atoms with van der Waals surface area (Å²) in [5.74, 6) is 0.